The highest BCUT2D eigenvalue weighted by Crippen LogP contribution is 2.24. The molecule has 1 heterocycles. The summed E-state index contributed by atoms with van der Waals surface area (Å²) in [6.07, 6.45) is 2.61. The van der Waals surface area contributed by atoms with Crippen LogP contribution < -0.4 is 5.32 Å². The van der Waals surface area contributed by atoms with Crippen molar-refractivity contribution in [1.82, 2.24) is 15.1 Å². The van der Waals surface area contributed by atoms with Crippen LogP contribution in [0.25, 0.3) is 0 Å². The van der Waals surface area contributed by atoms with E-state index >= 15 is 0 Å². The molecule has 0 saturated carbocycles. The zero-order valence-electron chi connectivity index (χ0n) is 18.2. The summed E-state index contributed by atoms with van der Waals surface area (Å²) >= 11 is -1.49. The van der Waals surface area contributed by atoms with Crippen LogP contribution in [0.15, 0.2) is 39.8 Å². The maximum absolute atomic E-state index is 12.7. The lowest BCUT2D eigenvalue weighted by Gasteiger charge is -2.37. The molecule has 1 aliphatic rings. The first-order valence-corrected chi connectivity index (χ1v) is 12.8. The van der Waals surface area contributed by atoms with Gasteiger partial charge in [0.25, 0.3) is 5.91 Å². The molecule has 1 saturated heterocycles. The van der Waals surface area contributed by atoms with Gasteiger partial charge in [-0.15, -0.1) is 0 Å². The number of nitrogens with one attached hydrogen (secondary N) is 1. The molecule has 1 unspecified atom stereocenters. The van der Waals surface area contributed by atoms with Gasteiger partial charge in [0, 0.05) is 26.4 Å². The lowest BCUT2D eigenvalue weighted by molar-refractivity contribution is -0.125. The largest absolute Gasteiger partial charge is 0.610 e. The fraction of sp³-hybridized carbons (Fsp3) is 0.500. The van der Waals surface area contributed by atoms with E-state index in [1.54, 1.807) is 17.0 Å². The molecular weight excluding hydrogens is 426 g/mol. The predicted molar refractivity (Wildman–Crippen MR) is 117 cm³/mol. The van der Waals surface area contributed by atoms with Crippen LogP contribution in [0.2, 0.25) is 0 Å². The van der Waals surface area contributed by atoms with Crippen LogP contribution in [0.4, 0.5) is 4.79 Å². The highest BCUT2D eigenvalue weighted by molar-refractivity contribution is 7.94. The van der Waals surface area contributed by atoms with Crippen LogP contribution in [0.3, 0.4) is 0 Å². The number of amides is 3. The Balaban J connectivity index is 2.29. The van der Waals surface area contributed by atoms with E-state index in [2.05, 4.69) is 5.32 Å². The molecule has 2 rings (SSSR count). The number of urea groups is 1. The van der Waals surface area contributed by atoms with Crippen molar-refractivity contribution in [3.05, 3.63) is 40.4 Å². The minimum Gasteiger partial charge on any atom is -0.610 e. The van der Waals surface area contributed by atoms with Crippen LogP contribution in [0.1, 0.15) is 26.3 Å². The van der Waals surface area contributed by atoms with Gasteiger partial charge in [-0.25, -0.2) is 13.2 Å². The van der Waals surface area contributed by atoms with Crippen LogP contribution >= 0.6 is 0 Å². The number of rotatable bonds is 6. The number of imide groups is 1. The Morgan fingerprint density at radius 2 is 1.77 bits per heavy atom. The van der Waals surface area contributed by atoms with Crippen LogP contribution in [0.5, 0.6) is 0 Å². The van der Waals surface area contributed by atoms with E-state index in [4.69, 9.17) is 0 Å². The molecule has 10 heteroatoms. The van der Waals surface area contributed by atoms with Gasteiger partial charge in [-0.1, -0.05) is 32.9 Å². The van der Waals surface area contributed by atoms with Gasteiger partial charge in [0.2, 0.25) is 5.03 Å². The molecule has 3 amide bonds. The summed E-state index contributed by atoms with van der Waals surface area (Å²) < 4.78 is 35.6. The molecule has 1 N–H and O–H groups in total. The lowest BCUT2D eigenvalue weighted by Crippen LogP contribution is -2.54. The van der Waals surface area contributed by atoms with E-state index in [1.165, 1.54) is 25.4 Å². The number of nitrogens with zero attached hydrogens (tertiary/aromatic N) is 2. The number of hydrogen-bond acceptors (Lipinski definition) is 6. The number of hydrogen-bond donors (Lipinski definition) is 1. The van der Waals surface area contributed by atoms with E-state index in [9.17, 15) is 22.6 Å². The Morgan fingerprint density at radius 1 is 1.20 bits per heavy atom. The summed E-state index contributed by atoms with van der Waals surface area (Å²) in [5.41, 5.74) is 0.891. The number of carbonyl (C=O) groups is 2. The van der Waals surface area contributed by atoms with Crippen molar-refractivity contribution in [3.63, 3.8) is 0 Å². The third-order valence-electron chi connectivity index (χ3n) is 4.50. The van der Waals surface area contributed by atoms with E-state index < -0.39 is 26.9 Å². The van der Waals surface area contributed by atoms with Crippen LogP contribution in [-0.2, 0) is 32.4 Å². The zero-order valence-corrected chi connectivity index (χ0v) is 19.8. The molecule has 8 nitrogen and oxygen atoms in total. The minimum atomic E-state index is -3.29. The number of sulfone groups is 1. The third kappa shape index (κ3) is 5.99. The van der Waals surface area contributed by atoms with E-state index in [0.29, 0.717) is 6.54 Å². The molecule has 0 spiro atoms. The Hall–Kier alpha value is -2.04. The summed E-state index contributed by atoms with van der Waals surface area (Å²) in [5, 5.41) is 3.33. The molecule has 1 fully saturated rings. The van der Waals surface area contributed by atoms with Crippen molar-refractivity contribution in [1.29, 1.82) is 0 Å². The molecule has 0 aliphatic carbocycles. The lowest BCUT2D eigenvalue weighted by atomic mass is 9.95. The maximum Gasteiger partial charge on any atom is 0.327 e. The quantitative estimate of drug-likeness (QED) is 0.517. The van der Waals surface area contributed by atoms with Gasteiger partial charge in [0.15, 0.2) is 9.84 Å². The van der Waals surface area contributed by atoms with Gasteiger partial charge in [-0.05, 0) is 34.3 Å². The fourth-order valence-electron chi connectivity index (χ4n) is 3.11. The van der Waals surface area contributed by atoms with Crippen LogP contribution in [-0.4, -0.2) is 67.4 Å². The summed E-state index contributed by atoms with van der Waals surface area (Å²) in [4.78, 5) is 28.1. The van der Waals surface area contributed by atoms with Crippen molar-refractivity contribution >= 4 is 33.0 Å². The Morgan fingerprint density at radius 3 is 2.23 bits per heavy atom. The minimum absolute atomic E-state index is 0.0776. The first kappa shape index (κ1) is 24.2. The molecule has 0 aromatic heterocycles. The SMILES string of the molecule is CN1C(=O)/C(=C(/NCc2ccc(S(C)(=O)=O)cc2)[S+](C)[O-])CN(CC(C)(C)C)C1=O. The highest BCUT2D eigenvalue weighted by Gasteiger charge is 2.38. The van der Waals surface area contributed by atoms with Crippen molar-refractivity contribution in [3.8, 4) is 0 Å². The molecular formula is C20H29N3O5S2. The predicted octanol–water partition coefficient (Wildman–Crippen LogP) is 1.71. The molecule has 30 heavy (non-hydrogen) atoms. The Bertz CT molecular complexity index is 948. The highest BCUT2D eigenvalue weighted by atomic mass is 32.2. The van der Waals surface area contributed by atoms with Crippen LogP contribution in [0, 0.1) is 5.41 Å². The Kier molecular flexibility index (Phi) is 7.26. The average molecular weight is 456 g/mol. The number of carbonyl (C=O) groups excluding carboxylic acids is 2. The average Bonchev–Trinajstić information content (AvgIpc) is 2.62. The van der Waals surface area contributed by atoms with Gasteiger partial charge in [-0.2, -0.15) is 0 Å². The van der Waals surface area contributed by atoms with Gasteiger partial charge in [0.1, 0.15) is 11.8 Å². The van der Waals surface area contributed by atoms with Gasteiger partial charge in [-0.3, -0.25) is 9.69 Å². The molecule has 0 bridgehead atoms. The maximum atomic E-state index is 12.7. The van der Waals surface area contributed by atoms with E-state index in [1.807, 2.05) is 20.8 Å². The summed E-state index contributed by atoms with van der Waals surface area (Å²) in [5.74, 6) is -0.477. The van der Waals surface area contributed by atoms with Gasteiger partial charge in [0.05, 0.1) is 11.4 Å². The standard InChI is InChI=1S/C20H29N3O5S2/c1-20(2,3)13-23-12-16(18(24)22(4)19(23)25)17(29(5)26)21-11-14-7-9-15(10-8-14)30(6,27)28/h7-10,21H,11-13H2,1-6H3/b17-16-. The third-order valence-corrected chi connectivity index (χ3v) is 6.59. The number of benzene rings is 1. The van der Waals surface area contributed by atoms with Gasteiger partial charge >= 0.3 is 6.03 Å². The molecule has 0 radical (unpaired) electrons. The van der Waals surface area contributed by atoms with Crippen molar-refractivity contribution < 1.29 is 22.6 Å². The molecule has 1 aromatic rings. The molecule has 1 aliphatic heterocycles. The number of likely N-dealkylation sites (N-methyl/N-ethyl adjacent to an activating group) is 1. The van der Waals surface area contributed by atoms with E-state index in [0.717, 1.165) is 16.7 Å². The molecule has 1 atom stereocenters. The second-order valence-corrected chi connectivity index (χ2v) is 11.9. The molecule has 166 valence electrons. The second-order valence-electron chi connectivity index (χ2n) is 8.59. The molecule has 1 aromatic carbocycles. The van der Waals surface area contributed by atoms with Crippen molar-refractivity contribution in [2.45, 2.75) is 32.2 Å². The van der Waals surface area contributed by atoms with Crippen molar-refractivity contribution in [2.24, 2.45) is 5.41 Å². The Labute approximate surface area is 181 Å². The first-order chi connectivity index (χ1) is 13.7. The fourth-order valence-corrected chi connectivity index (χ4v) is 4.52. The summed E-state index contributed by atoms with van der Waals surface area (Å²) in [6.45, 7) is 6.77. The smallest absolute Gasteiger partial charge is 0.327 e. The summed E-state index contributed by atoms with van der Waals surface area (Å²) in [7, 11) is -1.87. The first-order valence-electron chi connectivity index (χ1n) is 9.37. The van der Waals surface area contributed by atoms with E-state index in [-0.39, 0.29) is 40.0 Å². The monoisotopic (exact) mass is 455 g/mol. The topological polar surface area (TPSA) is 110 Å². The zero-order chi connectivity index (χ0) is 22.9. The van der Waals surface area contributed by atoms with Crippen molar-refractivity contribution in [2.75, 3.05) is 32.6 Å². The van der Waals surface area contributed by atoms with Gasteiger partial charge < -0.3 is 14.8 Å². The second kappa shape index (κ2) is 8.99. The summed E-state index contributed by atoms with van der Waals surface area (Å²) in [6, 6.07) is 5.95. The normalized spacial score (nSPS) is 18.5.